The van der Waals surface area contributed by atoms with Crippen molar-refractivity contribution in [2.45, 2.75) is 58.2 Å². The minimum atomic E-state index is -3.65. The molecule has 8 nitrogen and oxygen atoms in total. The van der Waals surface area contributed by atoms with E-state index in [1.807, 2.05) is 75.4 Å². The second-order valence-corrected chi connectivity index (χ2v) is 14.0. The number of nitrogens with one attached hydrogen (secondary N) is 1. The van der Waals surface area contributed by atoms with Crippen molar-refractivity contribution >= 4 is 43.5 Å². The van der Waals surface area contributed by atoms with Gasteiger partial charge in [-0.3, -0.25) is 13.9 Å². The van der Waals surface area contributed by atoms with Gasteiger partial charge in [-0.2, -0.15) is 0 Å². The minimum Gasteiger partial charge on any atom is -0.495 e. The summed E-state index contributed by atoms with van der Waals surface area (Å²) in [6.45, 7) is 6.01. The van der Waals surface area contributed by atoms with Crippen LogP contribution in [0.4, 0.5) is 5.69 Å². The highest BCUT2D eigenvalue weighted by Crippen LogP contribution is 2.30. The monoisotopic (exact) mass is 657 g/mol. The van der Waals surface area contributed by atoms with E-state index in [1.54, 1.807) is 29.2 Å². The third-order valence-electron chi connectivity index (χ3n) is 6.52. The van der Waals surface area contributed by atoms with Crippen LogP contribution >= 0.6 is 15.9 Å². The van der Waals surface area contributed by atoms with Gasteiger partial charge in [0.1, 0.15) is 11.8 Å². The molecule has 0 bridgehead atoms. The van der Waals surface area contributed by atoms with Gasteiger partial charge in [0.2, 0.25) is 21.8 Å². The molecule has 0 aromatic heterocycles. The van der Waals surface area contributed by atoms with E-state index >= 15 is 0 Å². The number of hydrogen-bond donors (Lipinski definition) is 1. The lowest BCUT2D eigenvalue weighted by Gasteiger charge is -2.34. The number of anilines is 1. The number of sulfonamides is 1. The van der Waals surface area contributed by atoms with Crippen LogP contribution in [0.15, 0.2) is 83.3 Å². The molecule has 0 aliphatic heterocycles. The van der Waals surface area contributed by atoms with Gasteiger partial charge in [-0.05, 0) is 62.6 Å². The van der Waals surface area contributed by atoms with E-state index in [-0.39, 0.29) is 37.7 Å². The molecular formula is C32H40BrN3O5S. The van der Waals surface area contributed by atoms with Gasteiger partial charge in [-0.25, -0.2) is 8.42 Å². The van der Waals surface area contributed by atoms with Gasteiger partial charge >= 0.3 is 0 Å². The predicted octanol–water partition coefficient (Wildman–Crippen LogP) is 5.56. The van der Waals surface area contributed by atoms with Gasteiger partial charge in [0.05, 0.1) is 19.1 Å². The molecule has 0 saturated carbocycles. The maximum Gasteiger partial charge on any atom is 0.243 e. The predicted molar refractivity (Wildman–Crippen MR) is 171 cm³/mol. The molecular weight excluding hydrogens is 618 g/mol. The van der Waals surface area contributed by atoms with E-state index in [4.69, 9.17) is 4.74 Å². The number of amides is 2. The molecule has 1 atom stereocenters. The molecule has 42 heavy (non-hydrogen) atoms. The highest BCUT2D eigenvalue weighted by Gasteiger charge is 2.32. The highest BCUT2D eigenvalue weighted by molar-refractivity contribution is 9.10. The first-order chi connectivity index (χ1) is 19.8. The molecule has 10 heteroatoms. The molecule has 0 saturated heterocycles. The zero-order chi connectivity index (χ0) is 30.9. The molecule has 0 spiro atoms. The van der Waals surface area contributed by atoms with Crippen molar-refractivity contribution in [1.82, 2.24) is 10.2 Å². The SMILES string of the molecule is COc1ccccc1N(CCCC(=O)N(Cc1cccc(Br)c1)[C@@H](Cc1ccccc1)C(=O)NC(C)(C)C)S(C)(=O)=O. The zero-order valence-corrected chi connectivity index (χ0v) is 27.2. The molecule has 0 radical (unpaired) electrons. The molecule has 3 aromatic carbocycles. The lowest BCUT2D eigenvalue weighted by molar-refractivity contribution is -0.142. The van der Waals surface area contributed by atoms with E-state index in [9.17, 15) is 18.0 Å². The van der Waals surface area contributed by atoms with E-state index in [1.165, 1.54) is 11.4 Å². The van der Waals surface area contributed by atoms with Crippen LogP contribution < -0.4 is 14.4 Å². The van der Waals surface area contributed by atoms with E-state index in [0.29, 0.717) is 17.9 Å². The molecule has 226 valence electrons. The van der Waals surface area contributed by atoms with Crippen molar-refractivity contribution in [1.29, 1.82) is 0 Å². The van der Waals surface area contributed by atoms with Crippen LogP contribution in [0.2, 0.25) is 0 Å². The van der Waals surface area contributed by atoms with Crippen LogP contribution in [0, 0.1) is 0 Å². The van der Waals surface area contributed by atoms with Crippen molar-refractivity contribution < 1.29 is 22.7 Å². The number of carbonyl (C=O) groups excluding carboxylic acids is 2. The summed E-state index contributed by atoms with van der Waals surface area (Å²) < 4.78 is 33.0. The number of halogens is 1. The Morgan fingerprint density at radius 2 is 1.60 bits per heavy atom. The second-order valence-electron chi connectivity index (χ2n) is 11.2. The van der Waals surface area contributed by atoms with Gasteiger partial charge in [-0.1, -0.05) is 70.5 Å². The van der Waals surface area contributed by atoms with Gasteiger partial charge < -0.3 is 15.0 Å². The summed E-state index contributed by atoms with van der Waals surface area (Å²) >= 11 is 3.50. The first kappa shape index (κ1) is 33.1. The molecule has 2 amide bonds. The summed E-state index contributed by atoms with van der Waals surface area (Å²) in [4.78, 5) is 29.3. The average Bonchev–Trinajstić information content (AvgIpc) is 2.92. The minimum absolute atomic E-state index is 0.0449. The van der Waals surface area contributed by atoms with Gasteiger partial charge in [-0.15, -0.1) is 0 Å². The molecule has 0 heterocycles. The Hall–Kier alpha value is -3.37. The third kappa shape index (κ3) is 9.87. The average molecular weight is 659 g/mol. The quantitative estimate of drug-likeness (QED) is 0.260. The van der Waals surface area contributed by atoms with Gasteiger partial charge in [0, 0.05) is 35.9 Å². The first-order valence-electron chi connectivity index (χ1n) is 13.8. The molecule has 0 aliphatic carbocycles. The molecule has 1 N–H and O–H groups in total. The number of hydrogen-bond acceptors (Lipinski definition) is 5. The fraction of sp³-hybridized carbons (Fsp3) is 0.375. The van der Waals surface area contributed by atoms with Crippen molar-refractivity contribution in [2.75, 3.05) is 24.2 Å². The van der Waals surface area contributed by atoms with E-state index in [0.717, 1.165) is 21.9 Å². The Balaban J connectivity index is 1.92. The summed E-state index contributed by atoms with van der Waals surface area (Å²) in [5, 5.41) is 3.06. The van der Waals surface area contributed by atoms with Crippen LogP contribution in [-0.2, 0) is 32.6 Å². The van der Waals surface area contributed by atoms with Crippen molar-refractivity contribution in [3.8, 4) is 5.75 Å². The second kappa shape index (κ2) is 14.7. The van der Waals surface area contributed by atoms with Crippen molar-refractivity contribution in [3.05, 3.63) is 94.5 Å². The Bertz CT molecular complexity index is 1460. The summed E-state index contributed by atoms with van der Waals surface area (Å²) in [6, 6.07) is 23.3. The fourth-order valence-corrected chi connectivity index (χ4v) is 6.07. The van der Waals surface area contributed by atoms with E-state index in [2.05, 4.69) is 21.2 Å². The Kier molecular flexibility index (Phi) is 11.6. The van der Waals surface area contributed by atoms with Crippen LogP contribution in [0.3, 0.4) is 0 Å². The van der Waals surface area contributed by atoms with Gasteiger partial charge in [0.25, 0.3) is 0 Å². The number of benzene rings is 3. The summed E-state index contributed by atoms with van der Waals surface area (Å²) in [6.07, 6.45) is 1.76. The number of carbonyl (C=O) groups is 2. The standard InChI is InChI=1S/C32H40BrN3O5S/c1-32(2,3)34-31(38)28(22-24-13-7-6-8-14-24)35(23-25-15-11-16-26(33)21-25)30(37)19-12-20-36(42(5,39)40)27-17-9-10-18-29(27)41-4/h6-11,13-18,21,28H,12,19-20,22-23H2,1-5H3,(H,34,38)/t28-/m0/s1. The maximum absolute atomic E-state index is 14.0. The Morgan fingerprint density at radius 3 is 2.21 bits per heavy atom. The lowest BCUT2D eigenvalue weighted by Crippen LogP contribution is -2.54. The van der Waals surface area contributed by atoms with Crippen molar-refractivity contribution in [2.24, 2.45) is 0 Å². The summed E-state index contributed by atoms with van der Waals surface area (Å²) in [5.41, 5.74) is 1.71. The van der Waals surface area contributed by atoms with Crippen LogP contribution in [0.5, 0.6) is 5.75 Å². The summed E-state index contributed by atoms with van der Waals surface area (Å²) in [5.74, 6) is -0.0674. The number of rotatable bonds is 13. The maximum atomic E-state index is 14.0. The topological polar surface area (TPSA) is 96.0 Å². The number of methoxy groups -OCH3 is 1. The fourth-order valence-electron chi connectivity index (χ4n) is 4.66. The molecule has 0 unspecified atom stereocenters. The normalized spacial score (nSPS) is 12.3. The van der Waals surface area contributed by atoms with Gasteiger partial charge in [0.15, 0.2) is 0 Å². The van der Waals surface area contributed by atoms with Crippen LogP contribution in [-0.4, -0.2) is 56.6 Å². The smallest absolute Gasteiger partial charge is 0.243 e. The van der Waals surface area contributed by atoms with Crippen molar-refractivity contribution in [3.63, 3.8) is 0 Å². The number of nitrogens with zero attached hydrogens (tertiary/aromatic N) is 2. The molecule has 0 aliphatic rings. The Morgan fingerprint density at radius 1 is 0.952 bits per heavy atom. The summed E-state index contributed by atoms with van der Waals surface area (Å²) in [7, 11) is -2.17. The third-order valence-corrected chi connectivity index (χ3v) is 8.19. The zero-order valence-electron chi connectivity index (χ0n) is 24.8. The Labute approximate surface area is 258 Å². The highest BCUT2D eigenvalue weighted by atomic mass is 79.9. The number of para-hydroxylation sites is 2. The first-order valence-corrected chi connectivity index (χ1v) is 16.4. The van der Waals surface area contributed by atoms with Crippen LogP contribution in [0.25, 0.3) is 0 Å². The molecule has 3 rings (SSSR count). The van der Waals surface area contributed by atoms with Crippen LogP contribution in [0.1, 0.15) is 44.7 Å². The van der Waals surface area contributed by atoms with E-state index < -0.39 is 21.6 Å². The number of ether oxygens (including phenoxy) is 1. The largest absolute Gasteiger partial charge is 0.495 e. The lowest BCUT2D eigenvalue weighted by atomic mass is 10.00. The molecule has 3 aromatic rings. The molecule has 0 fully saturated rings.